The Morgan fingerprint density at radius 3 is 2.50 bits per heavy atom. The summed E-state index contributed by atoms with van der Waals surface area (Å²) >= 11 is 0. The number of hydrogen-bond acceptors (Lipinski definition) is 5. The number of carbonyl (C=O) groups is 1. The van der Waals surface area contributed by atoms with Crippen molar-refractivity contribution in [1.29, 1.82) is 0 Å². The second kappa shape index (κ2) is 8.44. The van der Waals surface area contributed by atoms with Gasteiger partial charge in [0.2, 0.25) is 0 Å². The van der Waals surface area contributed by atoms with Crippen molar-refractivity contribution in [3.05, 3.63) is 101 Å². The van der Waals surface area contributed by atoms with Gasteiger partial charge in [-0.3, -0.25) is 9.36 Å². The Morgan fingerprint density at radius 1 is 0.971 bits per heavy atom. The predicted octanol–water partition coefficient (Wildman–Crippen LogP) is 4.37. The Morgan fingerprint density at radius 2 is 1.76 bits per heavy atom. The zero-order valence-electron chi connectivity index (χ0n) is 19.0. The molecule has 0 atom stereocenters. The molecule has 0 aliphatic carbocycles. The molecule has 5 rings (SSSR count). The lowest BCUT2D eigenvalue weighted by molar-refractivity contribution is 0.1000. The Balaban J connectivity index is 1.89. The van der Waals surface area contributed by atoms with E-state index < -0.39 is 5.91 Å². The van der Waals surface area contributed by atoms with Crippen LogP contribution in [0.4, 0.5) is 5.82 Å². The molecule has 5 aromatic rings. The van der Waals surface area contributed by atoms with Gasteiger partial charge in [-0.15, -0.1) is 0 Å². The summed E-state index contributed by atoms with van der Waals surface area (Å²) in [5.41, 5.74) is 19.1. The van der Waals surface area contributed by atoms with E-state index in [0.29, 0.717) is 46.0 Å². The van der Waals surface area contributed by atoms with E-state index in [2.05, 4.69) is 17.1 Å². The highest BCUT2D eigenvalue weighted by molar-refractivity contribution is 5.98. The molecule has 7 nitrogen and oxygen atoms in total. The molecule has 3 heterocycles. The van der Waals surface area contributed by atoms with Gasteiger partial charge in [0.05, 0.1) is 16.8 Å². The second-order valence-electron chi connectivity index (χ2n) is 8.28. The molecule has 168 valence electrons. The maximum absolute atomic E-state index is 12.6. The molecule has 0 radical (unpaired) electrons. The molecule has 0 saturated carbocycles. The molecule has 0 aliphatic rings. The van der Waals surface area contributed by atoms with Gasteiger partial charge in [0.15, 0.2) is 11.5 Å². The number of nitrogen functional groups attached to an aromatic ring is 1. The van der Waals surface area contributed by atoms with Crippen LogP contribution in [0.5, 0.6) is 0 Å². The number of benzene rings is 2. The predicted molar refractivity (Wildman–Crippen MR) is 134 cm³/mol. The standard InChI is InChI=1S/C27H24N6O/c1-16-14-22-27(31-17(16)2)33(26(32-22)21-12-7-13-30-24(21)28)23-19(10-6-11-20(23)25(29)34)15-18-8-4-3-5-9-18/h3-14H,15H2,1-2H3,(H2,28,30)(H2,29,34). The van der Waals surface area contributed by atoms with Gasteiger partial charge in [0.25, 0.3) is 5.91 Å². The van der Waals surface area contributed by atoms with Crippen LogP contribution in [0.1, 0.15) is 32.7 Å². The van der Waals surface area contributed by atoms with Gasteiger partial charge in [0, 0.05) is 11.9 Å². The van der Waals surface area contributed by atoms with Crippen molar-refractivity contribution in [2.24, 2.45) is 5.73 Å². The average Bonchev–Trinajstić information content (AvgIpc) is 3.17. The molecule has 1 amide bonds. The van der Waals surface area contributed by atoms with Crippen LogP contribution in [0.3, 0.4) is 0 Å². The number of aromatic nitrogens is 4. The van der Waals surface area contributed by atoms with Gasteiger partial charge in [0.1, 0.15) is 11.3 Å². The number of para-hydroxylation sites is 1. The van der Waals surface area contributed by atoms with Crippen molar-refractivity contribution in [2.45, 2.75) is 20.3 Å². The first kappa shape index (κ1) is 21.3. The lowest BCUT2D eigenvalue weighted by Crippen LogP contribution is -2.17. The first-order chi connectivity index (χ1) is 16.4. The van der Waals surface area contributed by atoms with Crippen LogP contribution in [0, 0.1) is 13.8 Å². The fraction of sp³-hybridized carbons (Fsp3) is 0.111. The van der Waals surface area contributed by atoms with Gasteiger partial charge in [-0.2, -0.15) is 0 Å². The van der Waals surface area contributed by atoms with E-state index in [-0.39, 0.29) is 0 Å². The minimum Gasteiger partial charge on any atom is -0.383 e. The van der Waals surface area contributed by atoms with Gasteiger partial charge >= 0.3 is 0 Å². The first-order valence-corrected chi connectivity index (χ1v) is 11.0. The van der Waals surface area contributed by atoms with Gasteiger partial charge < -0.3 is 11.5 Å². The minimum atomic E-state index is -0.527. The van der Waals surface area contributed by atoms with Crippen LogP contribution in [0.25, 0.3) is 28.2 Å². The molecular formula is C27H24N6O. The van der Waals surface area contributed by atoms with Gasteiger partial charge in [-0.25, -0.2) is 15.0 Å². The normalized spacial score (nSPS) is 11.1. The lowest BCUT2D eigenvalue weighted by atomic mass is 9.99. The summed E-state index contributed by atoms with van der Waals surface area (Å²) in [4.78, 5) is 26.6. The third kappa shape index (κ3) is 3.67. The Labute approximate surface area is 197 Å². The molecule has 0 aliphatic heterocycles. The van der Waals surface area contributed by atoms with Crippen LogP contribution >= 0.6 is 0 Å². The van der Waals surface area contributed by atoms with Crippen molar-refractivity contribution in [1.82, 2.24) is 19.5 Å². The largest absolute Gasteiger partial charge is 0.383 e. The Kier molecular flexibility index (Phi) is 5.30. The Bertz CT molecular complexity index is 1540. The third-order valence-electron chi connectivity index (χ3n) is 6.00. The van der Waals surface area contributed by atoms with Crippen LogP contribution < -0.4 is 11.5 Å². The summed E-state index contributed by atoms with van der Waals surface area (Å²) in [6.07, 6.45) is 2.24. The number of anilines is 1. The maximum Gasteiger partial charge on any atom is 0.250 e. The molecule has 0 bridgehead atoms. The fourth-order valence-corrected chi connectivity index (χ4v) is 4.20. The van der Waals surface area contributed by atoms with E-state index in [9.17, 15) is 4.79 Å². The van der Waals surface area contributed by atoms with E-state index in [1.54, 1.807) is 12.3 Å². The highest BCUT2D eigenvalue weighted by Gasteiger charge is 2.24. The minimum absolute atomic E-state index is 0.341. The molecular weight excluding hydrogens is 424 g/mol. The quantitative estimate of drug-likeness (QED) is 0.414. The SMILES string of the molecule is Cc1cc2nc(-c3cccnc3N)n(-c3c(Cc4ccccc4)cccc3C(N)=O)c2nc1C. The van der Waals surface area contributed by atoms with E-state index in [1.165, 1.54) is 0 Å². The topological polar surface area (TPSA) is 113 Å². The van der Waals surface area contributed by atoms with Crippen molar-refractivity contribution in [3.63, 3.8) is 0 Å². The summed E-state index contributed by atoms with van der Waals surface area (Å²) in [6.45, 7) is 3.95. The monoisotopic (exact) mass is 448 g/mol. The molecule has 3 aromatic heterocycles. The number of fused-ring (bicyclic) bond motifs is 1. The van der Waals surface area contributed by atoms with E-state index in [1.807, 2.05) is 66.9 Å². The Hall–Kier alpha value is -4.52. The van der Waals surface area contributed by atoms with Crippen LogP contribution in [-0.2, 0) is 6.42 Å². The number of nitrogens with two attached hydrogens (primary N) is 2. The molecule has 34 heavy (non-hydrogen) atoms. The summed E-state index contributed by atoms with van der Waals surface area (Å²) in [7, 11) is 0. The highest BCUT2D eigenvalue weighted by Crippen LogP contribution is 2.34. The number of hydrogen-bond donors (Lipinski definition) is 2. The van der Waals surface area contributed by atoms with Crippen molar-refractivity contribution < 1.29 is 4.79 Å². The van der Waals surface area contributed by atoms with Crippen LogP contribution in [-0.4, -0.2) is 25.4 Å². The smallest absolute Gasteiger partial charge is 0.250 e. The van der Waals surface area contributed by atoms with Gasteiger partial charge in [-0.05, 0) is 61.2 Å². The number of pyridine rings is 2. The van der Waals surface area contributed by atoms with E-state index >= 15 is 0 Å². The number of rotatable bonds is 5. The number of imidazole rings is 1. The summed E-state index contributed by atoms with van der Waals surface area (Å²) in [5, 5.41) is 0. The molecule has 7 heteroatoms. The summed E-state index contributed by atoms with van der Waals surface area (Å²) < 4.78 is 1.90. The molecule has 0 spiro atoms. The zero-order valence-corrected chi connectivity index (χ0v) is 19.0. The van der Waals surface area contributed by atoms with Gasteiger partial charge in [-0.1, -0.05) is 42.5 Å². The highest BCUT2D eigenvalue weighted by atomic mass is 16.1. The first-order valence-electron chi connectivity index (χ1n) is 11.0. The van der Waals surface area contributed by atoms with E-state index in [0.717, 1.165) is 22.4 Å². The average molecular weight is 449 g/mol. The number of nitrogens with zero attached hydrogens (tertiary/aromatic N) is 4. The van der Waals surface area contributed by atoms with E-state index in [4.69, 9.17) is 21.4 Å². The molecule has 0 unspecified atom stereocenters. The fourth-order valence-electron chi connectivity index (χ4n) is 4.20. The molecule has 4 N–H and O–H groups in total. The van der Waals surface area contributed by atoms with Crippen molar-refractivity contribution in [3.8, 4) is 17.1 Å². The second-order valence-corrected chi connectivity index (χ2v) is 8.28. The molecule has 0 fully saturated rings. The maximum atomic E-state index is 12.6. The third-order valence-corrected chi connectivity index (χ3v) is 6.00. The summed E-state index contributed by atoms with van der Waals surface area (Å²) in [6, 6.07) is 21.3. The van der Waals surface area contributed by atoms with Crippen LogP contribution in [0.15, 0.2) is 72.9 Å². The number of carbonyl (C=O) groups excluding carboxylic acids is 1. The zero-order chi connectivity index (χ0) is 23.8. The number of amides is 1. The summed E-state index contributed by atoms with van der Waals surface area (Å²) in [5.74, 6) is 0.371. The van der Waals surface area contributed by atoms with Crippen LogP contribution in [0.2, 0.25) is 0 Å². The molecule has 0 saturated heterocycles. The lowest BCUT2D eigenvalue weighted by Gasteiger charge is -2.18. The number of aryl methyl sites for hydroxylation is 2. The van der Waals surface area contributed by atoms with Crippen molar-refractivity contribution in [2.75, 3.05) is 5.73 Å². The van der Waals surface area contributed by atoms with Crippen molar-refractivity contribution >= 4 is 22.9 Å². The number of primary amides is 1. The molecule has 2 aromatic carbocycles.